The molecule has 0 aliphatic rings. The Hall–Kier alpha value is -2.01. The van der Waals surface area contributed by atoms with Crippen molar-refractivity contribution in [2.75, 3.05) is 0 Å². The van der Waals surface area contributed by atoms with E-state index in [1.165, 1.54) is 11.3 Å². The molecular weight excluding hydrogens is 340 g/mol. The van der Waals surface area contributed by atoms with E-state index in [-0.39, 0.29) is 5.91 Å². The second-order valence-corrected chi connectivity index (χ2v) is 6.59. The molecule has 3 aromatic rings. The topological polar surface area (TPSA) is 60.1 Å². The maximum Gasteiger partial charge on any atom is 0.293 e. The Morgan fingerprint density at radius 2 is 2.36 bits per heavy atom. The van der Waals surface area contributed by atoms with Crippen molar-refractivity contribution in [1.29, 1.82) is 0 Å². The zero-order valence-corrected chi connectivity index (χ0v) is 13.8. The van der Waals surface area contributed by atoms with Gasteiger partial charge in [-0.25, -0.2) is 0 Å². The molecule has 0 saturated carbocycles. The van der Waals surface area contributed by atoms with Gasteiger partial charge < -0.3 is 4.57 Å². The molecule has 3 rings (SSSR count). The summed E-state index contributed by atoms with van der Waals surface area (Å²) in [6, 6.07) is 5.48. The van der Waals surface area contributed by atoms with Crippen LogP contribution in [0.2, 0.25) is 5.02 Å². The van der Waals surface area contributed by atoms with E-state index < -0.39 is 0 Å². The lowest BCUT2D eigenvalue weighted by atomic mass is 10.3. The summed E-state index contributed by atoms with van der Waals surface area (Å²) >= 11 is 8.41. The fourth-order valence-electron chi connectivity index (χ4n) is 1.94. The molecule has 0 aliphatic heterocycles. The van der Waals surface area contributed by atoms with Gasteiger partial charge in [-0.15, -0.1) is 11.5 Å². The largest absolute Gasteiger partial charge is 0.305 e. The van der Waals surface area contributed by atoms with Crippen LogP contribution in [0.1, 0.15) is 15.4 Å². The van der Waals surface area contributed by atoms with E-state index in [2.05, 4.69) is 20.5 Å². The van der Waals surface area contributed by atoms with Gasteiger partial charge in [-0.2, -0.15) is 4.99 Å². The number of carbonyl (C=O) groups is 1. The number of benzene rings is 1. The summed E-state index contributed by atoms with van der Waals surface area (Å²) in [7, 11) is 0. The SMILES string of the molecule is C#CCn1c(=NC(=O)c2snnc2C)sc2cc(Cl)ccc21. The molecule has 2 aromatic heterocycles. The number of thiazole rings is 1. The average Bonchev–Trinajstić information content (AvgIpc) is 3.03. The second kappa shape index (κ2) is 6.01. The van der Waals surface area contributed by atoms with Gasteiger partial charge in [0.15, 0.2) is 4.80 Å². The maximum absolute atomic E-state index is 12.3. The zero-order chi connectivity index (χ0) is 15.7. The molecule has 0 unspecified atom stereocenters. The van der Waals surface area contributed by atoms with Crippen molar-refractivity contribution in [3.63, 3.8) is 0 Å². The number of carbonyl (C=O) groups excluding carboxylic acids is 1. The predicted molar refractivity (Wildman–Crippen MR) is 88.2 cm³/mol. The summed E-state index contributed by atoms with van der Waals surface area (Å²) in [6.07, 6.45) is 5.42. The van der Waals surface area contributed by atoms with Crippen LogP contribution >= 0.6 is 34.5 Å². The van der Waals surface area contributed by atoms with Crippen LogP contribution < -0.4 is 4.80 Å². The number of aromatic nitrogens is 3. The zero-order valence-electron chi connectivity index (χ0n) is 11.4. The monoisotopic (exact) mass is 348 g/mol. The molecule has 0 radical (unpaired) electrons. The minimum Gasteiger partial charge on any atom is -0.305 e. The van der Waals surface area contributed by atoms with E-state index in [0.29, 0.717) is 26.9 Å². The van der Waals surface area contributed by atoms with Gasteiger partial charge in [0.1, 0.15) is 4.88 Å². The average molecular weight is 349 g/mol. The molecule has 0 spiro atoms. The van der Waals surface area contributed by atoms with Crippen LogP contribution in [0.3, 0.4) is 0 Å². The van der Waals surface area contributed by atoms with Gasteiger partial charge in [0.05, 0.1) is 22.5 Å². The van der Waals surface area contributed by atoms with E-state index in [1.54, 1.807) is 13.0 Å². The highest BCUT2D eigenvalue weighted by Crippen LogP contribution is 2.22. The molecule has 5 nitrogen and oxygen atoms in total. The molecule has 0 aliphatic carbocycles. The van der Waals surface area contributed by atoms with Gasteiger partial charge in [-0.1, -0.05) is 33.3 Å². The van der Waals surface area contributed by atoms with Crippen molar-refractivity contribution < 1.29 is 4.79 Å². The highest BCUT2D eigenvalue weighted by molar-refractivity contribution is 7.16. The molecule has 8 heteroatoms. The van der Waals surface area contributed by atoms with Crippen LogP contribution in [0.5, 0.6) is 0 Å². The summed E-state index contributed by atoms with van der Waals surface area (Å²) in [5, 5.41) is 4.45. The number of halogens is 1. The Balaban J connectivity index is 2.19. The van der Waals surface area contributed by atoms with Gasteiger partial charge in [0.25, 0.3) is 5.91 Å². The molecule has 1 aromatic carbocycles. The second-order valence-electron chi connectivity index (χ2n) is 4.39. The normalized spacial score (nSPS) is 11.8. The van der Waals surface area contributed by atoms with Crippen molar-refractivity contribution >= 4 is 50.6 Å². The van der Waals surface area contributed by atoms with Crippen LogP contribution in [-0.2, 0) is 6.54 Å². The highest BCUT2D eigenvalue weighted by Gasteiger charge is 2.14. The number of nitrogens with zero attached hydrogens (tertiary/aromatic N) is 4. The van der Waals surface area contributed by atoms with Crippen LogP contribution in [-0.4, -0.2) is 20.1 Å². The van der Waals surface area contributed by atoms with E-state index in [1.807, 2.05) is 16.7 Å². The Morgan fingerprint density at radius 3 is 3.05 bits per heavy atom. The molecule has 2 heterocycles. The highest BCUT2D eigenvalue weighted by atomic mass is 35.5. The minimum atomic E-state index is -0.365. The van der Waals surface area contributed by atoms with Crippen molar-refractivity contribution in [1.82, 2.24) is 14.2 Å². The first-order valence-corrected chi connectivity index (χ1v) is 8.17. The van der Waals surface area contributed by atoms with E-state index >= 15 is 0 Å². The van der Waals surface area contributed by atoms with Gasteiger partial charge >= 0.3 is 0 Å². The lowest BCUT2D eigenvalue weighted by Crippen LogP contribution is -2.16. The number of aryl methyl sites for hydroxylation is 1. The first-order valence-electron chi connectivity index (χ1n) is 6.20. The number of hydrogen-bond acceptors (Lipinski definition) is 5. The fourth-order valence-corrected chi connectivity index (χ4v) is 3.79. The Labute approximate surface area is 139 Å². The first-order chi connectivity index (χ1) is 10.6. The number of amides is 1. The standard InChI is InChI=1S/C14H9ClN4OS2/c1-3-6-19-10-5-4-9(15)7-11(10)21-14(19)16-13(20)12-8(2)17-18-22-12/h1,4-5,7H,6H2,2H3. The van der Waals surface area contributed by atoms with Gasteiger partial charge in [-0.3, -0.25) is 4.79 Å². The number of fused-ring (bicyclic) bond motifs is 1. The molecule has 0 saturated heterocycles. The van der Waals surface area contributed by atoms with Crippen molar-refractivity contribution in [2.45, 2.75) is 13.5 Å². The third-order valence-corrected chi connectivity index (χ3v) is 5.03. The fraction of sp³-hybridized carbons (Fsp3) is 0.143. The van der Waals surface area contributed by atoms with Crippen LogP contribution in [0, 0.1) is 19.3 Å². The summed E-state index contributed by atoms with van der Waals surface area (Å²) in [5.41, 5.74) is 1.48. The van der Waals surface area contributed by atoms with Gasteiger partial charge in [0.2, 0.25) is 0 Å². The first kappa shape index (κ1) is 14.9. The summed E-state index contributed by atoms with van der Waals surface area (Å²) in [6.45, 7) is 2.06. The lowest BCUT2D eigenvalue weighted by Gasteiger charge is -1.99. The Bertz CT molecular complexity index is 977. The summed E-state index contributed by atoms with van der Waals surface area (Å²) in [5.74, 6) is 2.22. The molecule has 1 amide bonds. The summed E-state index contributed by atoms with van der Waals surface area (Å²) < 4.78 is 6.50. The van der Waals surface area contributed by atoms with Crippen LogP contribution in [0.25, 0.3) is 10.2 Å². The molecule has 110 valence electrons. The third kappa shape index (κ3) is 2.68. The van der Waals surface area contributed by atoms with E-state index in [4.69, 9.17) is 18.0 Å². The van der Waals surface area contributed by atoms with Crippen molar-refractivity contribution in [3.8, 4) is 12.3 Å². The van der Waals surface area contributed by atoms with E-state index in [0.717, 1.165) is 21.7 Å². The van der Waals surface area contributed by atoms with Gasteiger partial charge in [-0.05, 0) is 36.7 Å². The van der Waals surface area contributed by atoms with Crippen LogP contribution in [0.15, 0.2) is 23.2 Å². The Morgan fingerprint density at radius 1 is 1.55 bits per heavy atom. The van der Waals surface area contributed by atoms with Gasteiger partial charge in [0, 0.05) is 5.02 Å². The van der Waals surface area contributed by atoms with Crippen LogP contribution in [0.4, 0.5) is 0 Å². The minimum absolute atomic E-state index is 0.327. The molecule has 22 heavy (non-hydrogen) atoms. The molecular formula is C14H9ClN4OS2. The number of terminal acetylenes is 1. The maximum atomic E-state index is 12.3. The van der Waals surface area contributed by atoms with E-state index in [9.17, 15) is 4.79 Å². The quantitative estimate of drug-likeness (QED) is 0.669. The Kier molecular flexibility index (Phi) is 4.07. The summed E-state index contributed by atoms with van der Waals surface area (Å²) in [4.78, 5) is 17.4. The van der Waals surface area contributed by atoms with Crippen molar-refractivity contribution in [2.24, 2.45) is 4.99 Å². The molecule has 0 fully saturated rings. The van der Waals surface area contributed by atoms with Crippen molar-refractivity contribution in [3.05, 3.63) is 38.6 Å². The number of rotatable bonds is 2. The smallest absolute Gasteiger partial charge is 0.293 e. The third-order valence-electron chi connectivity index (χ3n) is 2.94. The molecule has 0 atom stereocenters. The molecule has 0 N–H and O–H groups in total. The molecule has 0 bridgehead atoms. The number of hydrogen-bond donors (Lipinski definition) is 0. The predicted octanol–water partition coefficient (Wildman–Crippen LogP) is 2.89. The lowest BCUT2D eigenvalue weighted by molar-refractivity contribution is 0.100.